The first-order chi connectivity index (χ1) is 6.18. The fourth-order valence-electron chi connectivity index (χ4n) is 0.816. The Morgan fingerprint density at radius 2 is 2.38 bits per heavy atom. The first-order valence-electron chi connectivity index (χ1n) is 3.96. The Bertz CT molecular complexity index is 284. The predicted octanol–water partition coefficient (Wildman–Crippen LogP) is -0.657. The third-order valence-corrected chi connectivity index (χ3v) is 1.39. The van der Waals surface area contributed by atoms with Gasteiger partial charge in [-0.2, -0.15) is 0 Å². The molecule has 6 heteroatoms. The second-order valence-corrected chi connectivity index (χ2v) is 2.61. The number of primary amides is 1. The molecule has 1 rings (SSSR count). The number of nitrogens with zero attached hydrogens (tertiary/aromatic N) is 2. The average molecular weight is 184 g/mol. The Morgan fingerprint density at radius 1 is 1.62 bits per heavy atom. The van der Waals surface area contributed by atoms with Crippen LogP contribution >= 0.6 is 0 Å². The number of amides is 1. The maximum Gasteiger partial charge on any atom is 0.230 e. The number of carbonyl (C=O) groups is 1. The van der Waals surface area contributed by atoms with Crippen LogP contribution in [0.15, 0.2) is 4.42 Å². The number of aromatic nitrogens is 2. The standard InChI is InChI=1S/C7H12N4O2/c1-5-10-11-7(13-5)4-9-3-2-6(8)12/h9H,2-4H2,1H3,(H2,8,12). The minimum Gasteiger partial charge on any atom is -0.424 e. The summed E-state index contributed by atoms with van der Waals surface area (Å²) in [5.41, 5.74) is 4.95. The number of hydrogen-bond acceptors (Lipinski definition) is 5. The third kappa shape index (κ3) is 3.66. The quantitative estimate of drug-likeness (QED) is 0.592. The van der Waals surface area contributed by atoms with Crippen molar-refractivity contribution in [3.8, 4) is 0 Å². The van der Waals surface area contributed by atoms with Crippen LogP contribution < -0.4 is 11.1 Å². The summed E-state index contributed by atoms with van der Waals surface area (Å²) in [5, 5.41) is 10.4. The van der Waals surface area contributed by atoms with Gasteiger partial charge < -0.3 is 15.5 Å². The van der Waals surface area contributed by atoms with E-state index in [1.807, 2.05) is 0 Å². The number of rotatable bonds is 5. The van der Waals surface area contributed by atoms with Crippen LogP contribution in [0.25, 0.3) is 0 Å². The average Bonchev–Trinajstić information content (AvgIpc) is 2.45. The van der Waals surface area contributed by atoms with Crippen LogP contribution in [0.1, 0.15) is 18.2 Å². The number of hydrogen-bond donors (Lipinski definition) is 2. The Hall–Kier alpha value is -1.43. The van der Waals surface area contributed by atoms with Crippen molar-refractivity contribution in [1.82, 2.24) is 15.5 Å². The molecule has 6 nitrogen and oxygen atoms in total. The van der Waals surface area contributed by atoms with Crippen molar-refractivity contribution in [2.75, 3.05) is 6.54 Å². The highest BCUT2D eigenvalue weighted by atomic mass is 16.4. The molecular weight excluding hydrogens is 172 g/mol. The van der Waals surface area contributed by atoms with Crippen LogP contribution in [-0.2, 0) is 11.3 Å². The highest BCUT2D eigenvalue weighted by molar-refractivity contribution is 5.73. The van der Waals surface area contributed by atoms with E-state index in [9.17, 15) is 4.79 Å². The maximum atomic E-state index is 10.3. The van der Waals surface area contributed by atoms with Crippen molar-refractivity contribution < 1.29 is 9.21 Å². The Labute approximate surface area is 75.5 Å². The number of aryl methyl sites for hydroxylation is 1. The summed E-state index contributed by atoms with van der Waals surface area (Å²) in [7, 11) is 0. The first kappa shape index (κ1) is 9.66. The zero-order valence-electron chi connectivity index (χ0n) is 7.41. The lowest BCUT2D eigenvalue weighted by Gasteiger charge is -1.97. The van der Waals surface area contributed by atoms with Crippen molar-refractivity contribution in [2.24, 2.45) is 5.73 Å². The molecule has 1 aromatic heterocycles. The lowest BCUT2D eigenvalue weighted by molar-refractivity contribution is -0.117. The zero-order valence-corrected chi connectivity index (χ0v) is 7.41. The molecule has 0 unspecified atom stereocenters. The second-order valence-electron chi connectivity index (χ2n) is 2.61. The molecule has 0 aliphatic rings. The van der Waals surface area contributed by atoms with E-state index in [2.05, 4.69) is 15.5 Å². The van der Waals surface area contributed by atoms with Crippen LogP contribution in [0.3, 0.4) is 0 Å². The van der Waals surface area contributed by atoms with E-state index in [4.69, 9.17) is 10.2 Å². The maximum absolute atomic E-state index is 10.3. The molecule has 1 aromatic rings. The number of nitrogens with one attached hydrogen (secondary N) is 1. The molecule has 0 aliphatic carbocycles. The molecular formula is C7H12N4O2. The predicted molar refractivity (Wildman–Crippen MR) is 44.6 cm³/mol. The van der Waals surface area contributed by atoms with Gasteiger partial charge in [-0.15, -0.1) is 10.2 Å². The van der Waals surface area contributed by atoms with Gasteiger partial charge in [0.2, 0.25) is 17.7 Å². The minimum absolute atomic E-state index is 0.313. The molecule has 0 atom stereocenters. The van der Waals surface area contributed by atoms with Gasteiger partial charge in [-0.25, -0.2) is 0 Å². The summed E-state index contributed by atoms with van der Waals surface area (Å²) < 4.78 is 5.09. The monoisotopic (exact) mass is 184 g/mol. The largest absolute Gasteiger partial charge is 0.424 e. The van der Waals surface area contributed by atoms with E-state index < -0.39 is 0 Å². The van der Waals surface area contributed by atoms with Gasteiger partial charge in [0.15, 0.2) is 0 Å². The molecule has 13 heavy (non-hydrogen) atoms. The Balaban J connectivity index is 2.16. The number of nitrogens with two attached hydrogens (primary N) is 1. The van der Waals surface area contributed by atoms with Crippen molar-refractivity contribution in [3.63, 3.8) is 0 Å². The second kappa shape index (κ2) is 4.56. The van der Waals surface area contributed by atoms with E-state index in [-0.39, 0.29) is 5.91 Å². The molecule has 72 valence electrons. The van der Waals surface area contributed by atoms with E-state index >= 15 is 0 Å². The van der Waals surface area contributed by atoms with Crippen molar-refractivity contribution in [2.45, 2.75) is 19.9 Å². The molecule has 1 amide bonds. The van der Waals surface area contributed by atoms with Gasteiger partial charge in [0.1, 0.15) is 0 Å². The lowest BCUT2D eigenvalue weighted by Crippen LogP contribution is -2.21. The Morgan fingerprint density at radius 3 is 2.92 bits per heavy atom. The fraction of sp³-hybridized carbons (Fsp3) is 0.571. The number of carbonyl (C=O) groups excluding carboxylic acids is 1. The lowest BCUT2D eigenvalue weighted by atomic mass is 10.4. The van der Waals surface area contributed by atoms with Crippen molar-refractivity contribution >= 4 is 5.91 Å². The molecule has 3 N–H and O–H groups in total. The summed E-state index contributed by atoms with van der Waals surface area (Å²) in [5.74, 6) is 0.725. The van der Waals surface area contributed by atoms with Crippen LogP contribution in [0.4, 0.5) is 0 Å². The summed E-state index contributed by atoms with van der Waals surface area (Å²) >= 11 is 0. The summed E-state index contributed by atoms with van der Waals surface area (Å²) in [6, 6.07) is 0. The van der Waals surface area contributed by atoms with Gasteiger partial charge in [-0.1, -0.05) is 0 Å². The van der Waals surface area contributed by atoms with Crippen LogP contribution in [-0.4, -0.2) is 22.6 Å². The SMILES string of the molecule is Cc1nnc(CNCCC(N)=O)o1. The van der Waals surface area contributed by atoms with Crippen LogP contribution in [0.5, 0.6) is 0 Å². The summed E-state index contributed by atoms with van der Waals surface area (Å²) in [4.78, 5) is 10.3. The summed E-state index contributed by atoms with van der Waals surface area (Å²) in [6.07, 6.45) is 0.313. The normalized spacial score (nSPS) is 10.2. The van der Waals surface area contributed by atoms with Crippen LogP contribution in [0, 0.1) is 6.92 Å². The first-order valence-corrected chi connectivity index (χ1v) is 3.96. The molecule has 0 aromatic carbocycles. The van der Waals surface area contributed by atoms with Gasteiger partial charge in [0, 0.05) is 19.9 Å². The minimum atomic E-state index is -0.325. The van der Waals surface area contributed by atoms with Gasteiger partial charge in [0.25, 0.3) is 0 Å². The zero-order chi connectivity index (χ0) is 9.68. The topological polar surface area (TPSA) is 94.0 Å². The molecule has 0 saturated heterocycles. The molecule has 1 heterocycles. The van der Waals surface area contributed by atoms with Crippen molar-refractivity contribution in [3.05, 3.63) is 11.8 Å². The molecule has 0 bridgehead atoms. The van der Waals surface area contributed by atoms with Gasteiger partial charge in [-0.05, 0) is 0 Å². The molecule has 0 radical (unpaired) electrons. The van der Waals surface area contributed by atoms with Gasteiger partial charge in [-0.3, -0.25) is 4.79 Å². The summed E-state index contributed by atoms with van der Waals surface area (Å²) in [6.45, 7) is 2.71. The smallest absolute Gasteiger partial charge is 0.230 e. The van der Waals surface area contributed by atoms with E-state index in [0.717, 1.165) is 0 Å². The molecule has 0 fully saturated rings. The highest BCUT2D eigenvalue weighted by Gasteiger charge is 2.00. The Kier molecular flexibility index (Phi) is 3.39. The fourth-order valence-corrected chi connectivity index (χ4v) is 0.816. The van der Waals surface area contributed by atoms with Crippen LogP contribution in [0.2, 0.25) is 0 Å². The molecule has 0 spiro atoms. The van der Waals surface area contributed by atoms with E-state index in [1.165, 1.54) is 0 Å². The highest BCUT2D eigenvalue weighted by Crippen LogP contribution is 1.96. The molecule has 0 saturated carbocycles. The van der Waals surface area contributed by atoms with Crippen molar-refractivity contribution in [1.29, 1.82) is 0 Å². The third-order valence-electron chi connectivity index (χ3n) is 1.39. The van der Waals surface area contributed by atoms with Gasteiger partial charge in [0.05, 0.1) is 6.54 Å². The molecule has 0 aliphatic heterocycles. The van der Waals surface area contributed by atoms with Gasteiger partial charge >= 0.3 is 0 Å². The van der Waals surface area contributed by atoms with E-state index in [0.29, 0.717) is 31.3 Å². The van der Waals surface area contributed by atoms with E-state index in [1.54, 1.807) is 6.92 Å².